The van der Waals surface area contributed by atoms with Gasteiger partial charge in [0.15, 0.2) is 0 Å². The number of anilines is 2. The number of rotatable bonds is 4. The van der Waals surface area contributed by atoms with E-state index in [4.69, 9.17) is 0 Å². The van der Waals surface area contributed by atoms with E-state index in [1.165, 1.54) is 17.7 Å². The Hall–Kier alpha value is -2.89. The van der Waals surface area contributed by atoms with Gasteiger partial charge < -0.3 is 9.80 Å². The van der Waals surface area contributed by atoms with Crippen molar-refractivity contribution in [2.75, 3.05) is 23.4 Å². The molecule has 1 aliphatic rings. The van der Waals surface area contributed by atoms with Crippen molar-refractivity contribution in [1.82, 2.24) is 0 Å². The van der Waals surface area contributed by atoms with Gasteiger partial charge in [0.2, 0.25) is 5.91 Å². The number of carbonyl (C=O) groups excluding carboxylic acids is 1. The number of benzene rings is 2. The molecule has 0 aromatic heterocycles. The molecule has 1 heterocycles. The fourth-order valence-electron chi connectivity index (χ4n) is 3.19. The van der Waals surface area contributed by atoms with E-state index < -0.39 is 4.92 Å². The van der Waals surface area contributed by atoms with Crippen molar-refractivity contribution >= 4 is 23.0 Å². The van der Waals surface area contributed by atoms with Gasteiger partial charge in [-0.2, -0.15) is 0 Å². The summed E-state index contributed by atoms with van der Waals surface area (Å²) in [6, 6.07) is 14.5. The molecule has 0 fully saturated rings. The topological polar surface area (TPSA) is 66.7 Å². The number of likely N-dealkylation sites (N-methyl/N-ethyl adjacent to an activating group) is 1. The van der Waals surface area contributed by atoms with Crippen LogP contribution in [0.4, 0.5) is 17.1 Å². The summed E-state index contributed by atoms with van der Waals surface area (Å²) in [5.41, 5.74) is 3.05. The maximum Gasteiger partial charge on any atom is 0.269 e. The Balaban J connectivity index is 1.76. The third-order valence-electron chi connectivity index (χ3n) is 4.79. The SMILES string of the molecule is C[C@H]1CCc2ccccc2N1CC(=O)N(C)c1ccc([N+](=O)[O-])cc1. The maximum absolute atomic E-state index is 12.7. The third-order valence-corrected chi connectivity index (χ3v) is 4.79. The monoisotopic (exact) mass is 339 g/mol. The molecule has 3 rings (SSSR count). The molecule has 0 spiro atoms. The molecule has 0 aliphatic carbocycles. The number of hydrogen-bond acceptors (Lipinski definition) is 4. The van der Waals surface area contributed by atoms with Crippen LogP contribution in [0.15, 0.2) is 48.5 Å². The Labute approximate surface area is 146 Å². The van der Waals surface area contributed by atoms with Crippen LogP contribution in [-0.2, 0) is 11.2 Å². The smallest absolute Gasteiger partial charge is 0.269 e. The number of hydrogen-bond donors (Lipinski definition) is 0. The highest BCUT2D eigenvalue weighted by atomic mass is 16.6. The third kappa shape index (κ3) is 3.47. The van der Waals surface area contributed by atoms with Crippen LogP contribution in [0.1, 0.15) is 18.9 Å². The minimum absolute atomic E-state index is 0.0168. The predicted octanol–water partition coefficient (Wildman–Crippen LogP) is 3.40. The molecule has 0 saturated carbocycles. The normalized spacial score (nSPS) is 16.2. The lowest BCUT2D eigenvalue weighted by atomic mass is 9.96. The van der Waals surface area contributed by atoms with Gasteiger partial charge in [-0.25, -0.2) is 0 Å². The largest absolute Gasteiger partial charge is 0.359 e. The Morgan fingerprint density at radius 2 is 1.92 bits per heavy atom. The number of nitro benzene ring substituents is 1. The maximum atomic E-state index is 12.7. The van der Waals surface area contributed by atoms with E-state index in [2.05, 4.69) is 24.0 Å². The van der Waals surface area contributed by atoms with Gasteiger partial charge in [0.1, 0.15) is 0 Å². The molecule has 1 aliphatic heterocycles. The number of nitrogens with zero attached hydrogens (tertiary/aromatic N) is 3. The molecule has 2 aromatic rings. The quantitative estimate of drug-likeness (QED) is 0.632. The fourth-order valence-corrected chi connectivity index (χ4v) is 3.19. The fraction of sp³-hybridized carbons (Fsp3) is 0.316. The van der Waals surface area contributed by atoms with Gasteiger partial charge in [-0.3, -0.25) is 14.9 Å². The molecule has 0 unspecified atom stereocenters. The number of fused-ring (bicyclic) bond motifs is 1. The number of para-hydroxylation sites is 1. The van der Waals surface area contributed by atoms with Crippen molar-refractivity contribution in [2.24, 2.45) is 0 Å². The first-order valence-electron chi connectivity index (χ1n) is 8.33. The zero-order valence-corrected chi connectivity index (χ0v) is 14.4. The molecular weight excluding hydrogens is 318 g/mol. The lowest BCUT2D eigenvalue weighted by Gasteiger charge is -2.37. The van der Waals surface area contributed by atoms with Gasteiger partial charge in [-0.05, 0) is 43.5 Å². The van der Waals surface area contributed by atoms with Gasteiger partial charge in [0.05, 0.1) is 11.5 Å². The summed E-state index contributed by atoms with van der Waals surface area (Å²) in [6.07, 6.45) is 2.05. The highest BCUT2D eigenvalue weighted by molar-refractivity contribution is 5.96. The molecule has 0 N–H and O–H groups in total. The molecule has 25 heavy (non-hydrogen) atoms. The van der Waals surface area contributed by atoms with Crippen LogP contribution in [-0.4, -0.2) is 30.5 Å². The van der Waals surface area contributed by atoms with Crippen molar-refractivity contribution in [3.8, 4) is 0 Å². The molecule has 0 radical (unpaired) electrons. The van der Waals surface area contributed by atoms with E-state index in [0.717, 1.165) is 18.5 Å². The van der Waals surface area contributed by atoms with Crippen molar-refractivity contribution in [1.29, 1.82) is 0 Å². The molecule has 130 valence electrons. The summed E-state index contributed by atoms with van der Waals surface area (Å²) < 4.78 is 0. The first-order valence-corrected chi connectivity index (χ1v) is 8.33. The molecule has 0 bridgehead atoms. The van der Waals surface area contributed by atoms with Gasteiger partial charge in [0, 0.05) is 36.6 Å². The molecular formula is C19H21N3O3. The highest BCUT2D eigenvalue weighted by Gasteiger charge is 2.26. The summed E-state index contributed by atoms with van der Waals surface area (Å²) in [5.74, 6) is -0.0441. The van der Waals surface area contributed by atoms with Crippen molar-refractivity contribution in [3.63, 3.8) is 0 Å². The average Bonchev–Trinajstić information content (AvgIpc) is 2.63. The van der Waals surface area contributed by atoms with Crippen molar-refractivity contribution in [2.45, 2.75) is 25.8 Å². The van der Waals surface area contributed by atoms with E-state index in [-0.39, 0.29) is 18.1 Å². The van der Waals surface area contributed by atoms with Crippen LogP contribution in [0.2, 0.25) is 0 Å². The van der Waals surface area contributed by atoms with Crippen molar-refractivity contribution in [3.05, 3.63) is 64.2 Å². The summed E-state index contributed by atoms with van der Waals surface area (Å²) >= 11 is 0. The predicted molar refractivity (Wildman–Crippen MR) is 98.1 cm³/mol. The second kappa shape index (κ2) is 6.93. The van der Waals surface area contributed by atoms with Gasteiger partial charge in [-0.15, -0.1) is 0 Å². The number of carbonyl (C=O) groups is 1. The van der Waals surface area contributed by atoms with E-state index in [1.807, 2.05) is 12.1 Å². The first-order chi connectivity index (χ1) is 12.0. The zero-order chi connectivity index (χ0) is 18.0. The number of non-ortho nitro benzene ring substituents is 1. The molecule has 6 nitrogen and oxygen atoms in total. The van der Waals surface area contributed by atoms with Crippen molar-refractivity contribution < 1.29 is 9.72 Å². The number of amides is 1. The van der Waals surface area contributed by atoms with E-state index in [0.29, 0.717) is 11.7 Å². The lowest BCUT2D eigenvalue weighted by molar-refractivity contribution is -0.384. The number of aryl methyl sites for hydroxylation is 1. The van der Waals surface area contributed by atoms with Crippen LogP contribution >= 0.6 is 0 Å². The van der Waals surface area contributed by atoms with E-state index in [1.54, 1.807) is 24.1 Å². The summed E-state index contributed by atoms with van der Waals surface area (Å²) in [6.45, 7) is 2.42. The highest BCUT2D eigenvalue weighted by Crippen LogP contribution is 2.30. The summed E-state index contributed by atoms with van der Waals surface area (Å²) in [4.78, 5) is 26.7. The summed E-state index contributed by atoms with van der Waals surface area (Å²) in [7, 11) is 1.70. The standard InChI is InChI=1S/C19H21N3O3/c1-14-7-8-15-5-3-4-6-18(15)21(14)13-19(23)20(2)16-9-11-17(12-10-16)22(24)25/h3-6,9-12,14H,7-8,13H2,1-2H3/t14-/m0/s1. The van der Waals surface area contributed by atoms with Crippen LogP contribution in [0.3, 0.4) is 0 Å². The van der Waals surface area contributed by atoms with Crippen LogP contribution in [0, 0.1) is 10.1 Å². The molecule has 6 heteroatoms. The first kappa shape index (κ1) is 17.0. The van der Waals surface area contributed by atoms with Gasteiger partial charge in [-0.1, -0.05) is 18.2 Å². The molecule has 1 atom stereocenters. The minimum atomic E-state index is -0.446. The Bertz CT molecular complexity index is 789. The summed E-state index contributed by atoms with van der Waals surface area (Å²) in [5, 5.41) is 10.7. The van der Waals surface area contributed by atoms with Gasteiger partial charge >= 0.3 is 0 Å². The minimum Gasteiger partial charge on any atom is -0.359 e. The lowest BCUT2D eigenvalue weighted by Crippen LogP contribution is -2.45. The Kier molecular flexibility index (Phi) is 4.70. The van der Waals surface area contributed by atoms with Crippen LogP contribution < -0.4 is 9.80 Å². The van der Waals surface area contributed by atoms with E-state index in [9.17, 15) is 14.9 Å². The average molecular weight is 339 g/mol. The van der Waals surface area contributed by atoms with E-state index >= 15 is 0 Å². The van der Waals surface area contributed by atoms with Gasteiger partial charge in [0.25, 0.3) is 5.69 Å². The second-order valence-electron chi connectivity index (χ2n) is 6.37. The van der Waals surface area contributed by atoms with Crippen LogP contribution in [0.5, 0.6) is 0 Å². The Morgan fingerprint density at radius 3 is 2.60 bits per heavy atom. The Morgan fingerprint density at radius 1 is 1.24 bits per heavy atom. The van der Waals surface area contributed by atoms with Crippen LogP contribution in [0.25, 0.3) is 0 Å². The molecule has 1 amide bonds. The second-order valence-corrected chi connectivity index (χ2v) is 6.37. The zero-order valence-electron chi connectivity index (χ0n) is 14.4. The molecule has 0 saturated heterocycles. The number of nitro groups is 1. The molecule has 2 aromatic carbocycles.